The predicted molar refractivity (Wildman–Crippen MR) is 67.2 cm³/mol. The number of aryl methyl sites for hydroxylation is 1. The fourth-order valence-corrected chi connectivity index (χ4v) is 2.18. The van der Waals surface area contributed by atoms with Crippen molar-refractivity contribution in [3.63, 3.8) is 0 Å². The summed E-state index contributed by atoms with van der Waals surface area (Å²) in [4.78, 5) is 2.09. The molecule has 86 valence electrons. The largest absolute Gasteiger partial charge is 0.374 e. The van der Waals surface area contributed by atoms with Crippen LogP contribution >= 0.6 is 15.9 Å². The zero-order chi connectivity index (χ0) is 11.5. The highest BCUT2D eigenvalue weighted by molar-refractivity contribution is 9.11. The number of hydrogen-bond acceptors (Lipinski definition) is 4. The van der Waals surface area contributed by atoms with E-state index in [9.17, 15) is 0 Å². The molecule has 2 heterocycles. The van der Waals surface area contributed by atoms with Gasteiger partial charge in [-0.3, -0.25) is 0 Å². The number of likely N-dealkylation sites (N-methyl/N-ethyl adjacent to an activating group) is 1. The first-order chi connectivity index (χ1) is 7.67. The van der Waals surface area contributed by atoms with Crippen molar-refractivity contribution in [2.75, 3.05) is 18.9 Å². The Hall–Kier alpha value is -1.23. The number of nitrogens with one attached hydrogen (secondary N) is 1. The lowest BCUT2D eigenvalue weighted by atomic mass is 10.3. The van der Waals surface area contributed by atoms with Gasteiger partial charge in [0, 0.05) is 35.9 Å². The molecule has 0 aromatic carbocycles. The molecule has 1 N–H and O–H groups in total. The maximum atomic E-state index is 5.13. The van der Waals surface area contributed by atoms with Crippen LogP contribution in [-0.4, -0.2) is 23.6 Å². The summed E-state index contributed by atoms with van der Waals surface area (Å²) in [5.41, 5.74) is 1.09. The molecule has 1 aromatic heterocycles. The molecule has 0 amide bonds. The van der Waals surface area contributed by atoms with Crippen LogP contribution in [-0.2, 0) is 6.42 Å². The molecule has 5 heteroatoms. The van der Waals surface area contributed by atoms with Crippen LogP contribution in [0.15, 0.2) is 33.0 Å². The molecule has 0 aliphatic carbocycles. The molecule has 16 heavy (non-hydrogen) atoms. The lowest BCUT2D eigenvalue weighted by molar-refractivity contribution is 0.389. The summed E-state index contributed by atoms with van der Waals surface area (Å²) < 4.78 is 6.17. The summed E-state index contributed by atoms with van der Waals surface area (Å²) in [5, 5.41) is 7.19. The van der Waals surface area contributed by atoms with E-state index in [1.54, 1.807) is 0 Å². The Kier molecular flexibility index (Phi) is 3.33. The maximum Gasteiger partial charge on any atom is 0.173 e. The van der Waals surface area contributed by atoms with E-state index < -0.39 is 0 Å². The van der Waals surface area contributed by atoms with Crippen LogP contribution in [0.5, 0.6) is 0 Å². The topological polar surface area (TPSA) is 41.3 Å². The van der Waals surface area contributed by atoms with Crippen molar-refractivity contribution < 1.29 is 4.52 Å². The molecule has 0 fully saturated rings. The van der Waals surface area contributed by atoms with Crippen molar-refractivity contribution in [3.8, 4) is 0 Å². The Labute approximate surface area is 103 Å². The van der Waals surface area contributed by atoms with Gasteiger partial charge in [0.2, 0.25) is 0 Å². The van der Waals surface area contributed by atoms with Gasteiger partial charge < -0.3 is 14.7 Å². The molecular weight excluding hydrogens is 270 g/mol. The number of allylic oxidation sites excluding steroid dienone is 2. The SMILES string of the molecule is CCc1cc(NC2=CC(Br)=CN(C)C2)no1. The van der Waals surface area contributed by atoms with Gasteiger partial charge in [0.05, 0.1) is 6.54 Å². The first-order valence-corrected chi connectivity index (χ1v) is 5.97. The molecule has 0 spiro atoms. The predicted octanol–water partition coefficient (Wildman–Crippen LogP) is 2.71. The number of rotatable bonds is 3. The third kappa shape index (κ3) is 2.66. The van der Waals surface area contributed by atoms with E-state index in [-0.39, 0.29) is 0 Å². The molecule has 0 unspecified atom stereocenters. The highest BCUT2D eigenvalue weighted by Gasteiger charge is 2.09. The smallest absolute Gasteiger partial charge is 0.173 e. The molecule has 0 atom stereocenters. The van der Waals surface area contributed by atoms with E-state index in [4.69, 9.17) is 4.52 Å². The molecule has 1 aromatic rings. The van der Waals surface area contributed by atoms with Gasteiger partial charge in [-0.15, -0.1) is 0 Å². The van der Waals surface area contributed by atoms with Crippen molar-refractivity contribution in [2.45, 2.75) is 13.3 Å². The molecule has 0 saturated carbocycles. The second kappa shape index (κ2) is 4.74. The Morgan fingerprint density at radius 1 is 1.62 bits per heavy atom. The molecule has 2 rings (SSSR count). The fraction of sp³-hybridized carbons (Fsp3) is 0.364. The van der Waals surface area contributed by atoms with Gasteiger partial charge in [-0.1, -0.05) is 12.1 Å². The average Bonchev–Trinajstić information content (AvgIpc) is 2.64. The van der Waals surface area contributed by atoms with Crippen LogP contribution in [0.3, 0.4) is 0 Å². The van der Waals surface area contributed by atoms with Crippen LogP contribution in [0.4, 0.5) is 5.82 Å². The molecule has 1 aliphatic heterocycles. The Balaban J connectivity index is 2.07. The summed E-state index contributed by atoms with van der Waals surface area (Å²) >= 11 is 3.46. The van der Waals surface area contributed by atoms with Crippen LogP contribution < -0.4 is 5.32 Å². The highest BCUT2D eigenvalue weighted by atomic mass is 79.9. The Morgan fingerprint density at radius 2 is 2.44 bits per heavy atom. The summed E-state index contributed by atoms with van der Waals surface area (Å²) in [6.45, 7) is 2.88. The van der Waals surface area contributed by atoms with E-state index in [2.05, 4.69) is 31.3 Å². The van der Waals surface area contributed by atoms with Crippen molar-refractivity contribution >= 4 is 21.7 Å². The monoisotopic (exact) mass is 283 g/mol. The van der Waals surface area contributed by atoms with Crippen LogP contribution in [0.1, 0.15) is 12.7 Å². The third-order valence-electron chi connectivity index (χ3n) is 2.27. The van der Waals surface area contributed by atoms with Crippen molar-refractivity contribution in [1.29, 1.82) is 0 Å². The minimum Gasteiger partial charge on any atom is -0.374 e. The van der Waals surface area contributed by atoms with Crippen molar-refractivity contribution in [1.82, 2.24) is 10.1 Å². The first-order valence-electron chi connectivity index (χ1n) is 5.18. The van der Waals surface area contributed by atoms with Crippen LogP contribution in [0.25, 0.3) is 0 Å². The van der Waals surface area contributed by atoms with Gasteiger partial charge in [-0.2, -0.15) is 0 Å². The van der Waals surface area contributed by atoms with Gasteiger partial charge in [0.25, 0.3) is 0 Å². The van der Waals surface area contributed by atoms with E-state index in [0.717, 1.165) is 34.7 Å². The van der Waals surface area contributed by atoms with E-state index in [1.807, 2.05) is 32.3 Å². The molecule has 0 saturated heterocycles. The number of halogens is 1. The van der Waals surface area contributed by atoms with Crippen LogP contribution in [0, 0.1) is 0 Å². The molecule has 4 nitrogen and oxygen atoms in total. The van der Waals surface area contributed by atoms with Gasteiger partial charge >= 0.3 is 0 Å². The second-order valence-corrected chi connectivity index (χ2v) is 4.67. The fourth-order valence-electron chi connectivity index (χ4n) is 1.55. The molecule has 1 aliphatic rings. The molecule has 0 radical (unpaired) electrons. The van der Waals surface area contributed by atoms with Crippen LogP contribution in [0.2, 0.25) is 0 Å². The Bertz CT molecular complexity index is 436. The lowest BCUT2D eigenvalue weighted by Crippen LogP contribution is -2.21. The summed E-state index contributed by atoms with van der Waals surface area (Å²) in [6.07, 6.45) is 4.93. The number of nitrogens with zero attached hydrogens (tertiary/aromatic N) is 2. The zero-order valence-electron chi connectivity index (χ0n) is 9.33. The summed E-state index contributed by atoms with van der Waals surface area (Å²) in [6, 6.07) is 1.92. The van der Waals surface area contributed by atoms with Gasteiger partial charge in [0.15, 0.2) is 5.82 Å². The Morgan fingerprint density at radius 3 is 3.06 bits per heavy atom. The standard InChI is InChI=1S/C11H14BrN3O/c1-3-10-5-11(14-16-10)13-9-4-8(12)6-15(2)7-9/h4-6H,3,7H2,1-2H3,(H,13,14). The number of hydrogen-bond donors (Lipinski definition) is 1. The quantitative estimate of drug-likeness (QED) is 0.926. The molecular formula is C11H14BrN3O. The minimum atomic E-state index is 0.763. The molecule has 0 bridgehead atoms. The van der Waals surface area contributed by atoms with E-state index in [1.165, 1.54) is 0 Å². The maximum absolute atomic E-state index is 5.13. The zero-order valence-corrected chi connectivity index (χ0v) is 10.9. The van der Waals surface area contributed by atoms with Gasteiger partial charge in [-0.05, 0) is 22.0 Å². The lowest BCUT2D eigenvalue weighted by Gasteiger charge is -2.21. The van der Waals surface area contributed by atoms with Gasteiger partial charge in [0.1, 0.15) is 5.76 Å². The minimum absolute atomic E-state index is 0.763. The summed E-state index contributed by atoms with van der Waals surface area (Å²) in [5.74, 6) is 1.65. The van der Waals surface area contributed by atoms with Crippen molar-refractivity contribution in [2.24, 2.45) is 0 Å². The second-order valence-electron chi connectivity index (χ2n) is 3.76. The van der Waals surface area contributed by atoms with E-state index >= 15 is 0 Å². The first kappa shape index (κ1) is 11.3. The van der Waals surface area contributed by atoms with Crippen molar-refractivity contribution in [3.05, 3.63) is 34.3 Å². The summed E-state index contributed by atoms with van der Waals surface area (Å²) in [7, 11) is 2.02. The average molecular weight is 284 g/mol. The number of anilines is 1. The normalized spacial score (nSPS) is 15.8. The highest BCUT2D eigenvalue weighted by Crippen LogP contribution is 2.19. The third-order valence-corrected chi connectivity index (χ3v) is 2.71. The number of aromatic nitrogens is 1. The van der Waals surface area contributed by atoms with E-state index in [0.29, 0.717) is 0 Å². The van der Waals surface area contributed by atoms with Gasteiger partial charge in [-0.25, -0.2) is 0 Å².